The molecule has 5 atom stereocenters. The van der Waals surface area contributed by atoms with Crippen LogP contribution in [0.25, 0.3) is 10.8 Å². The maximum Gasteiger partial charge on any atom is 0.339 e. The average Bonchev–Trinajstić information content (AvgIpc) is 2.64. The highest BCUT2D eigenvalue weighted by Gasteiger charge is 2.44. The van der Waals surface area contributed by atoms with Gasteiger partial charge in [0.2, 0.25) is 6.29 Å². The standard InChI is InChI=1S/C17H18O9/c18-6-11-13(20)14(21)15(22)17(26-11)25-10-5-9(16(23)24)12(19)8-4-2-1-3-7(8)10/h1-5,11,13-15,17-22H,6H2,(H,23,24)/t11-,13-,14+,15-,17+/m1/s1. The van der Waals surface area contributed by atoms with Gasteiger partial charge in [-0.15, -0.1) is 0 Å². The van der Waals surface area contributed by atoms with Gasteiger partial charge in [0.25, 0.3) is 0 Å². The molecular formula is C17H18O9. The highest BCUT2D eigenvalue weighted by atomic mass is 16.7. The van der Waals surface area contributed by atoms with Crippen LogP contribution in [0.3, 0.4) is 0 Å². The lowest BCUT2D eigenvalue weighted by Crippen LogP contribution is -2.60. The van der Waals surface area contributed by atoms with E-state index in [9.17, 15) is 35.4 Å². The van der Waals surface area contributed by atoms with E-state index in [1.807, 2.05) is 0 Å². The lowest BCUT2D eigenvalue weighted by atomic mass is 9.99. The largest absolute Gasteiger partial charge is 0.506 e. The van der Waals surface area contributed by atoms with Crippen molar-refractivity contribution in [1.82, 2.24) is 0 Å². The molecule has 0 amide bonds. The van der Waals surface area contributed by atoms with Crippen LogP contribution in [0.4, 0.5) is 0 Å². The topological polar surface area (TPSA) is 157 Å². The molecule has 9 nitrogen and oxygen atoms in total. The number of carboxylic acid groups (broad SMARTS) is 1. The molecule has 1 aliphatic heterocycles. The fourth-order valence-electron chi connectivity index (χ4n) is 2.88. The Bertz CT molecular complexity index is 819. The third-order valence-electron chi connectivity index (χ3n) is 4.30. The molecule has 0 unspecified atom stereocenters. The number of aliphatic hydroxyl groups excluding tert-OH is 4. The molecule has 0 saturated carbocycles. The normalized spacial score (nSPS) is 28.8. The van der Waals surface area contributed by atoms with E-state index < -0.39 is 54.6 Å². The maximum absolute atomic E-state index is 11.4. The SMILES string of the molecule is O=C(O)c1cc(O[C@H]2O[C@H](CO)[C@@H](O)[C@H](O)[C@H]2O)c2ccccc2c1O. The van der Waals surface area contributed by atoms with Gasteiger partial charge < -0.3 is 40.1 Å². The van der Waals surface area contributed by atoms with Crippen LogP contribution in [0.2, 0.25) is 0 Å². The molecule has 2 aromatic rings. The number of aromatic hydroxyl groups is 1. The summed E-state index contributed by atoms with van der Waals surface area (Å²) < 4.78 is 10.8. The van der Waals surface area contributed by atoms with Gasteiger partial charge in [-0.1, -0.05) is 24.3 Å². The summed E-state index contributed by atoms with van der Waals surface area (Å²) in [5, 5.41) is 58.9. The van der Waals surface area contributed by atoms with Gasteiger partial charge >= 0.3 is 5.97 Å². The Morgan fingerprint density at radius 1 is 1.08 bits per heavy atom. The van der Waals surface area contributed by atoms with Crippen LogP contribution < -0.4 is 4.74 Å². The van der Waals surface area contributed by atoms with E-state index in [1.165, 1.54) is 6.07 Å². The second kappa shape index (κ2) is 7.06. The van der Waals surface area contributed by atoms with Gasteiger partial charge in [-0.05, 0) is 6.07 Å². The molecule has 2 aromatic carbocycles. The summed E-state index contributed by atoms with van der Waals surface area (Å²) in [6.45, 7) is -0.624. The predicted molar refractivity (Wildman–Crippen MR) is 87.0 cm³/mol. The summed E-state index contributed by atoms with van der Waals surface area (Å²) >= 11 is 0. The van der Waals surface area contributed by atoms with Crippen LogP contribution in [0, 0.1) is 0 Å². The molecule has 0 bridgehead atoms. The maximum atomic E-state index is 11.4. The van der Waals surface area contributed by atoms with Crippen molar-refractivity contribution >= 4 is 16.7 Å². The molecule has 1 heterocycles. The zero-order valence-electron chi connectivity index (χ0n) is 13.4. The average molecular weight is 366 g/mol. The number of phenols is 1. The summed E-state index contributed by atoms with van der Waals surface area (Å²) in [5.41, 5.74) is -0.414. The van der Waals surface area contributed by atoms with Gasteiger partial charge in [0.15, 0.2) is 0 Å². The molecule has 1 aliphatic rings. The smallest absolute Gasteiger partial charge is 0.339 e. The fourth-order valence-corrected chi connectivity index (χ4v) is 2.88. The number of hydrogen-bond acceptors (Lipinski definition) is 8. The molecule has 1 fully saturated rings. The lowest BCUT2D eigenvalue weighted by molar-refractivity contribution is -0.277. The molecule has 3 rings (SSSR count). The number of aliphatic hydroxyl groups is 4. The summed E-state index contributed by atoms with van der Waals surface area (Å²) in [4.78, 5) is 11.4. The van der Waals surface area contributed by atoms with Crippen molar-refractivity contribution in [2.75, 3.05) is 6.61 Å². The van der Waals surface area contributed by atoms with Crippen LogP contribution in [0.5, 0.6) is 11.5 Å². The number of rotatable bonds is 4. The zero-order valence-corrected chi connectivity index (χ0v) is 13.4. The van der Waals surface area contributed by atoms with E-state index in [4.69, 9.17) is 9.47 Å². The van der Waals surface area contributed by atoms with E-state index in [-0.39, 0.29) is 11.1 Å². The minimum absolute atomic E-state index is 0.0138. The van der Waals surface area contributed by atoms with E-state index in [1.54, 1.807) is 18.2 Å². The van der Waals surface area contributed by atoms with Crippen molar-refractivity contribution < 1.29 is 44.9 Å². The molecule has 0 spiro atoms. The van der Waals surface area contributed by atoms with Crippen molar-refractivity contribution in [1.29, 1.82) is 0 Å². The monoisotopic (exact) mass is 366 g/mol. The predicted octanol–water partition coefficient (Wildman–Crippen LogP) is -0.578. The van der Waals surface area contributed by atoms with Crippen molar-refractivity contribution in [3.05, 3.63) is 35.9 Å². The summed E-state index contributed by atoms with van der Waals surface area (Å²) in [6.07, 6.45) is -7.45. The van der Waals surface area contributed by atoms with E-state index in [0.29, 0.717) is 5.39 Å². The molecular weight excluding hydrogens is 348 g/mol. The van der Waals surface area contributed by atoms with Gasteiger partial charge in [-0.25, -0.2) is 4.79 Å². The van der Waals surface area contributed by atoms with Crippen LogP contribution >= 0.6 is 0 Å². The lowest BCUT2D eigenvalue weighted by Gasteiger charge is -2.39. The number of carboxylic acids is 1. The Morgan fingerprint density at radius 2 is 1.73 bits per heavy atom. The second-order valence-electron chi connectivity index (χ2n) is 5.94. The molecule has 0 aliphatic carbocycles. The molecule has 0 aromatic heterocycles. The number of carbonyl (C=O) groups is 1. The number of hydrogen-bond donors (Lipinski definition) is 6. The van der Waals surface area contributed by atoms with E-state index >= 15 is 0 Å². The van der Waals surface area contributed by atoms with Crippen molar-refractivity contribution in [2.24, 2.45) is 0 Å². The highest BCUT2D eigenvalue weighted by Crippen LogP contribution is 2.37. The number of benzene rings is 2. The first kappa shape index (κ1) is 18.4. The first-order valence-corrected chi connectivity index (χ1v) is 7.80. The first-order valence-electron chi connectivity index (χ1n) is 7.80. The van der Waals surface area contributed by atoms with Crippen LogP contribution in [-0.2, 0) is 4.74 Å². The minimum Gasteiger partial charge on any atom is -0.506 e. The Kier molecular flexibility index (Phi) is 4.99. The van der Waals surface area contributed by atoms with Crippen LogP contribution in [-0.4, -0.2) is 73.9 Å². The van der Waals surface area contributed by atoms with Gasteiger partial charge in [-0.3, -0.25) is 0 Å². The summed E-state index contributed by atoms with van der Waals surface area (Å²) in [7, 11) is 0. The van der Waals surface area contributed by atoms with Crippen LogP contribution in [0.15, 0.2) is 30.3 Å². The molecule has 140 valence electrons. The van der Waals surface area contributed by atoms with E-state index in [2.05, 4.69) is 0 Å². The Morgan fingerprint density at radius 3 is 2.35 bits per heavy atom. The molecule has 9 heteroatoms. The molecule has 26 heavy (non-hydrogen) atoms. The first-order chi connectivity index (χ1) is 12.3. The quantitative estimate of drug-likeness (QED) is 0.416. The Labute approximate surface area is 147 Å². The van der Waals surface area contributed by atoms with Gasteiger partial charge in [0.1, 0.15) is 41.5 Å². The Balaban J connectivity index is 2.03. The van der Waals surface area contributed by atoms with Crippen molar-refractivity contribution in [3.63, 3.8) is 0 Å². The fraction of sp³-hybridized carbons (Fsp3) is 0.353. The Hall–Kier alpha value is -2.43. The van der Waals surface area contributed by atoms with Gasteiger partial charge in [0.05, 0.1) is 6.61 Å². The van der Waals surface area contributed by atoms with E-state index in [0.717, 1.165) is 6.07 Å². The van der Waals surface area contributed by atoms with Gasteiger partial charge in [-0.2, -0.15) is 0 Å². The minimum atomic E-state index is -1.64. The third kappa shape index (κ3) is 3.06. The zero-order chi connectivity index (χ0) is 19.0. The number of ether oxygens (including phenoxy) is 2. The van der Waals surface area contributed by atoms with Gasteiger partial charge in [0, 0.05) is 10.8 Å². The molecule has 0 radical (unpaired) electrons. The number of fused-ring (bicyclic) bond motifs is 1. The number of aromatic carboxylic acids is 1. The van der Waals surface area contributed by atoms with Crippen molar-refractivity contribution in [3.8, 4) is 11.5 Å². The third-order valence-corrected chi connectivity index (χ3v) is 4.30. The summed E-state index contributed by atoms with van der Waals surface area (Å²) in [5.74, 6) is -1.83. The van der Waals surface area contributed by atoms with Crippen LogP contribution in [0.1, 0.15) is 10.4 Å². The molecule has 6 N–H and O–H groups in total. The highest BCUT2D eigenvalue weighted by molar-refractivity contribution is 6.03. The summed E-state index contributed by atoms with van der Waals surface area (Å²) in [6, 6.07) is 7.38. The second-order valence-corrected chi connectivity index (χ2v) is 5.94. The molecule has 1 saturated heterocycles. The van der Waals surface area contributed by atoms with Crippen molar-refractivity contribution in [2.45, 2.75) is 30.7 Å².